The van der Waals surface area contributed by atoms with E-state index in [4.69, 9.17) is 4.74 Å². The van der Waals surface area contributed by atoms with Crippen molar-refractivity contribution < 1.29 is 4.74 Å². The van der Waals surface area contributed by atoms with Gasteiger partial charge in [0, 0.05) is 26.2 Å². The van der Waals surface area contributed by atoms with Crippen molar-refractivity contribution in [1.29, 1.82) is 0 Å². The average molecular weight is 262 g/mol. The van der Waals surface area contributed by atoms with Crippen LogP contribution in [0.2, 0.25) is 0 Å². The zero-order valence-corrected chi connectivity index (χ0v) is 12.6. The smallest absolute Gasteiger partial charge is 0.0757 e. The Morgan fingerprint density at radius 3 is 2.47 bits per heavy atom. The molecule has 1 N–H and O–H groups in total. The van der Waals surface area contributed by atoms with Crippen LogP contribution in [-0.4, -0.2) is 36.7 Å². The molecular weight excluding hydrogens is 236 g/mol. The minimum atomic E-state index is -0.0380. The van der Waals surface area contributed by atoms with E-state index < -0.39 is 0 Å². The van der Waals surface area contributed by atoms with Crippen LogP contribution in [0.1, 0.15) is 31.9 Å². The molecule has 0 spiro atoms. The standard InChI is InChI=1S/C16H26N2O/c1-13-10-18(12-16(2,3)19-13)11-15-7-5-14(6-8-15)9-17-4/h5-8,13,17H,9-12H2,1-4H3. The molecule has 0 saturated carbocycles. The molecule has 0 amide bonds. The summed E-state index contributed by atoms with van der Waals surface area (Å²) >= 11 is 0. The maximum Gasteiger partial charge on any atom is 0.0757 e. The first-order chi connectivity index (χ1) is 8.98. The predicted molar refractivity (Wildman–Crippen MR) is 79.1 cm³/mol. The molecule has 1 atom stereocenters. The first kappa shape index (κ1) is 14.5. The Labute approximate surface area is 116 Å². The molecule has 1 aromatic rings. The van der Waals surface area contributed by atoms with Gasteiger partial charge in [-0.1, -0.05) is 24.3 Å². The molecule has 1 aliphatic rings. The number of ether oxygens (including phenoxy) is 1. The van der Waals surface area contributed by atoms with E-state index in [-0.39, 0.29) is 5.60 Å². The van der Waals surface area contributed by atoms with E-state index in [0.29, 0.717) is 6.10 Å². The molecule has 0 radical (unpaired) electrons. The Morgan fingerprint density at radius 2 is 1.89 bits per heavy atom. The summed E-state index contributed by atoms with van der Waals surface area (Å²) < 4.78 is 5.94. The molecule has 1 aliphatic heterocycles. The van der Waals surface area contributed by atoms with Gasteiger partial charge in [-0.2, -0.15) is 0 Å². The largest absolute Gasteiger partial charge is 0.370 e. The Balaban J connectivity index is 1.96. The van der Waals surface area contributed by atoms with E-state index in [1.165, 1.54) is 11.1 Å². The first-order valence-electron chi connectivity index (χ1n) is 7.11. The van der Waals surface area contributed by atoms with Crippen LogP contribution in [0.3, 0.4) is 0 Å². The lowest BCUT2D eigenvalue weighted by molar-refractivity contribution is -0.130. The van der Waals surface area contributed by atoms with Gasteiger partial charge in [-0.05, 0) is 38.9 Å². The fraction of sp³-hybridized carbons (Fsp3) is 0.625. The Hall–Kier alpha value is -0.900. The molecule has 19 heavy (non-hydrogen) atoms. The number of hydrogen-bond donors (Lipinski definition) is 1. The number of morpholine rings is 1. The van der Waals surface area contributed by atoms with Gasteiger partial charge in [0.1, 0.15) is 0 Å². The minimum absolute atomic E-state index is 0.0380. The fourth-order valence-electron chi connectivity index (χ4n) is 2.93. The third kappa shape index (κ3) is 4.30. The van der Waals surface area contributed by atoms with Crippen molar-refractivity contribution in [2.45, 2.75) is 45.6 Å². The zero-order chi connectivity index (χ0) is 13.9. The van der Waals surface area contributed by atoms with Gasteiger partial charge >= 0.3 is 0 Å². The second kappa shape index (κ2) is 6.04. The van der Waals surface area contributed by atoms with Crippen LogP contribution < -0.4 is 5.32 Å². The summed E-state index contributed by atoms with van der Waals surface area (Å²) in [5.41, 5.74) is 2.68. The highest BCUT2D eigenvalue weighted by Gasteiger charge is 2.30. The molecule has 1 aromatic carbocycles. The summed E-state index contributed by atoms with van der Waals surface area (Å²) in [5.74, 6) is 0. The SMILES string of the molecule is CNCc1ccc(CN2CC(C)OC(C)(C)C2)cc1. The van der Waals surface area contributed by atoms with E-state index in [1.807, 2.05) is 7.05 Å². The van der Waals surface area contributed by atoms with Crippen LogP contribution in [-0.2, 0) is 17.8 Å². The lowest BCUT2D eigenvalue weighted by Gasteiger charge is -2.41. The van der Waals surface area contributed by atoms with E-state index in [9.17, 15) is 0 Å². The Bertz CT molecular complexity index is 400. The van der Waals surface area contributed by atoms with Gasteiger partial charge in [0.05, 0.1) is 11.7 Å². The van der Waals surface area contributed by atoms with Gasteiger partial charge in [0.2, 0.25) is 0 Å². The summed E-state index contributed by atoms with van der Waals surface area (Å²) in [6, 6.07) is 8.89. The summed E-state index contributed by atoms with van der Waals surface area (Å²) in [6.45, 7) is 10.5. The zero-order valence-electron chi connectivity index (χ0n) is 12.6. The van der Waals surface area contributed by atoms with E-state index in [2.05, 4.69) is 55.3 Å². The van der Waals surface area contributed by atoms with Crippen molar-refractivity contribution in [2.24, 2.45) is 0 Å². The highest BCUT2D eigenvalue weighted by Crippen LogP contribution is 2.22. The van der Waals surface area contributed by atoms with Gasteiger partial charge < -0.3 is 10.1 Å². The molecule has 3 heteroatoms. The van der Waals surface area contributed by atoms with Crippen molar-refractivity contribution in [2.75, 3.05) is 20.1 Å². The van der Waals surface area contributed by atoms with E-state index >= 15 is 0 Å². The van der Waals surface area contributed by atoms with Gasteiger partial charge in [-0.3, -0.25) is 4.90 Å². The fourth-order valence-corrected chi connectivity index (χ4v) is 2.93. The predicted octanol–water partition coefficient (Wildman–Crippen LogP) is 2.41. The van der Waals surface area contributed by atoms with Crippen molar-refractivity contribution in [3.63, 3.8) is 0 Å². The van der Waals surface area contributed by atoms with Gasteiger partial charge in [-0.15, -0.1) is 0 Å². The third-order valence-corrected chi connectivity index (χ3v) is 3.45. The lowest BCUT2D eigenvalue weighted by Crippen LogP contribution is -2.51. The van der Waals surface area contributed by atoms with Gasteiger partial charge in [-0.25, -0.2) is 0 Å². The van der Waals surface area contributed by atoms with Crippen molar-refractivity contribution in [1.82, 2.24) is 10.2 Å². The van der Waals surface area contributed by atoms with Crippen LogP contribution in [0.15, 0.2) is 24.3 Å². The molecule has 0 aliphatic carbocycles. The number of rotatable bonds is 4. The monoisotopic (exact) mass is 262 g/mol. The third-order valence-electron chi connectivity index (χ3n) is 3.45. The molecule has 0 bridgehead atoms. The average Bonchev–Trinajstić information content (AvgIpc) is 2.29. The maximum absolute atomic E-state index is 5.94. The van der Waals surface area contributed by atoms with Crippen LogP contribution in [0.4, 0.5) is 0 Å². The topological polar surface area (TPSA) is 24.5 Å². The highest BCUT2D eigenvalue weighted by molar-refractivity contribution is 5.22. The Kier molecular flexibility index (Phi) is 4.61. The molecule has 106 valence electrons. The van der Waals surface area contributed by atoms with Crippen LogP contribution in [0.25, 0.3) is 0 Å². The molecule has 1 heterocycles. The molecular formula is C16H26N2O. The van der Waals surface area contributed by atoms with Crippen LogP contribution in [0, 0.1) is 0 Å². The summed E-state index contributed by atoms with van der Waals surface area (Å²) in [7, 11) is 1.98. The van der Waals surface area contributed by atoms with Crippen LogP contribution in [0.5, 0.6) is 0 Å². The number of hydrogen-bond acceptors (Lipinski definition) is 3. The van der Waals surface area contributed by atoms with Crippen LogP contribution >= 0.6 is 0 Å². The van der Waals surface area contributed by atoms with Gasteiger partial charge in [0.15, 0.2) is 0 Å². The minimum Gasteiger partial charge on any atom is -0.370 e. The van der Waals surface area contributed by atoms with E-state index in [1.54, 1.807) is 0 Å². The summed E-state index contributed by atoms with van der Waals surface area (Å²) in [5, 5.41) is 3.17. The van der Waals surface area contributed by atoms with Crippen molar-refractivity contribution >= 4 is 0 Å². The normalized spacial score (nSPS) is 23.5. The molecule has 1 fully saturated rings. The molecule has 1 unspecified atom stereocenters. The van der Waals surface area contributed by atoms with Crippen molar-refractivity contribution in [3.8, 4) is 0 Å². The molecule has 1 saturated heterocycles. The molecule has 3 nitrogen and oxygen atoms in total. The number of nitrogens with one attached hydrogen (secondary N) is 1. The molecule has 0 aromatic heterocycles. The Morgan fingerprint density at radius 1 is 1.26 bits per heavy atom. The first-order valence-corrected chi connectivity index (χ1v) is 7.11. The van der Waals surface area contributed by atoms with Crippen molar-refractivity contribution in [3.05, 3.63) is 35.4 Å². The second-order valence-electron chi connectivity index (χ2n) is 6.20. The summed E-state index contributed by atoms with van der Waals surface area (Å²) in [4.78, 5) is 2.49. The lowest BCUT2D eigenvalue weighted by atomic mass is 10.0. The quantitative estimate of drug-likeness (QED) is 0.902. The highest BCUT2D eigenvalue weighted by atomic mass is 16.5. The van der Waals surface area contributed by atoms with E-state index in [0.717, 1.165) is 26.2 Å². The number of benzene rings is 1. The van der Waals surface area contributed by atoms with Gasteiger partial charge in [0.25, 0.3) is 0 Å². The summed E-state index contributed by atoms with van der Waals surface area (Å²) in [6.07, 6.45) is 0.312. The maximum atomic E-state index is 5.94. The number of nitrogens with zero attached hydrogens (tertiary/aromatic N) is 1. The second-order valence-corrected chi connectivity index (χ2v) is 6.20. The molecule has 2 rings (SSSR count).